The lowest BCUT2D eigenvalue weighted by Gasteiger charge is -2.51. The highest BCUT2D eigenvalue weighted by Crippen LogP contribution is 2.54. The summed E-state index contributed by atoms with van der Waals surface area (Å²) >= 11 is 5.98. The molecule has 0 amide bonds. The molecule has 2 aromatic heterocycles. The lowest BCUT2D eigenvalue weighted by Crippen LogP contribution is -2.59. The van der Waals surface area contributed by atoms with Crippen LogP contribution in [0.2, 0.25) is 5.28 Å². The van der Waals surface area contributed by atoms with Gasteiger partial charge in [-0.3, -0.25) is 4.79 Å². The normalized spacial score (nSPS) is 29.7. The number of esters is 1. The van der Waals surface area contributed by atoms with Crippen LogP contribution in [0, 0.1) is 17.8 Å². The molecule has 3 aliphatic rings. The van der Waals surface area contributed by atoms with Crippen molar-refractivity contribution in [3.05, 3.63) is 23.6 Å². The van der Waals surface area contributed by atoms with Crippen LogP contribution in [0.25, 0.3) is 5.52 Å². The number of hydrogen-bond donors (Lipinski definition) is 1. The molecule has 0 spiro atoms. The van der Waals surface area contributed by atoms with Gasteiger partial charge in [0.1, 0.15) is 5.52 Å². The number of anilines is 1. The highest BCUT2D eigenvalue weighted by molar-refractivity contribution is 6.28. The Morgan fingerprint density at radius 3 is 3.04 bits per heavy atom. The zero-order valence-electron chi connectivity index (χ0n) is 14.2. The first-order valence-electron chi connectivity index (χ1n) is 8.72. The van der Waals surface area contributed by atoms with Crippen molar-refractivity contribution in [1.29, 1.82) is 0 Å². The predicted molar refractivity (Wildman–Crippen MR) is 91.3 cm³/mol. The standard InChI is InChI=1S/C17H19ClF2N4O2/c1-2-26-15(25)12-10-6-5-9(8-17(10,19)20)13(12)21-14-11-4-3-7-24(11)23-16(18)22-14/h3-4,7,9-10,12-13H,2,5-6,8H2,1H3,(H,21,22,23)/t9-,10-,12+,13+/m1/s1. The number of nitrogens with zero attached hydrogens (tertiary/aromatic N) is 3. The Labute approximate surface area is 153 Å². The van der Waals surface area contributed by atoms with Crippen molar-refractivity contribution in [3.63, 3.8) is 0 Å². The first kappa shape index (κ1) is 17.5. The minimum atomic E-state index is -2.85. The van der Waals surface area contributed by atoms with Crippen molar-refractivity contribution in [1.82, 2.24) is 14.6 Å². The number of aromatic nitrogens is 3. The van der Waals surface area contributed by atoms with Gasteiger partial charge in [-0.25, -0.2) is 13.3 Å². The summed E-state index contributed by atoms with van der Waals surface area (Å²) in [5.74, 6) is -5.28. The Morgan fingerprint density at radius 1 is 1.50 bits per heavy atom. The van der Waals surface area contributed by atoms with Crippen molar-refractivity contribution >= 4 is 28.9 Å². The van der Waals surface area contributed by atoms with Gasteiger partial charge < -0.3 is 10.1 Å². The molecule has 2 bridgehead atoms. The third kappa shape index (κ3) is 2.80. The van der Waals surface area contributed by atoms with E-state index in [-0.39, 0.29) is 24.2 Å². The van der Waals surface area contributed by atoms with E-state index < -0.39 is 29.8 Å². The smallest absolute Gasteiger partial charge is 0.311 e. The van der Waals surface area contributed by atoms with Crippen LogP contribution in [0.4, 0.5) is 14.6 Å². The van der Waals surface area contributed by atoms with Crippen LogP contribution in [0.3, 0.4) is 0 Å². The fourth-order valence-electron chi connectivity index (χ4n) is 4.43. The number of nitrogens with one attached hydrogen (secondary N) is 1. The second-order valence-electron chi connectivity index (χ2n) is 6.92. The van der Waals surface area contributed by atoms with E-state index in [0.29, 0.717) is 24.2 Å². The third-order valence-corrected chi connectivity index (χ3v) is 5.64. The molecular weight excluding hydrogens is 366 g/mol. The van der Waals surface area contributed by atoms with E-state index >= 15 is 0 Å². The lowest BCUT2D eigenvalue weighted by molar-refractivity contribution is -0.186. The Bertz CT molecular complexity index is 843. The summed E-state index contributed by atoms with van der Waals surface area (Å²) in [6, 6.07) is 3.11. The van der Waals surface area contributed by atoms with Gasteiger partial charge in [0.25, 0.3) is 5.92 Å². The highest BCUT2D eigenvalue weighted by Gasteiger charge is 2.60. The molecule has 6 nitrogen and oxygen atoms in total. The molecule has 140 valence electrons. The van der Waals surface area contributed by atoms with Crippen LogP contribution >= 0.6 is 11.6 Å². The van der Waals surface area contributed by atoms with Gasteiger partial charge in [-0.2, -0.15) is 4.98 Å². The highest BCUT2D eigenvalue weighted by atomic mass is 35.5. The van der Waals surface area contributed by atoms with E-state index in [4.69, 9.17) is 16.3 Å². The Kier molecular flexibility index (Phi) is 4.25. The summed E-state index contributed by atoms with van der Waals surface area (Å²) in [5, 5.41) is 7.32. The topological polar surface area (TPSA) is 68.5 Å². The van der Waals surface area contributed by atoms with Crippen molar-refractivity contribution < 1.29 is 18.3 Å². The van der Waals surface area contributed by atoms with Crippen LogP contribution in [0.5, 0.6) is 0 Å². The average Bonchev–Trinajstić information content (AvgIpc) is 3.03. The quantitative estimate of drug-likeness (QED) is 0.818. The zero-order chi connectivity index (χ0) is 18.5. The molecule has 4 atom stereocenters. The lowest BCUT2D eigenvalue weighted by atomic mass is 9.59. The number of rotatable bonds is 4. The number of fused-ring (bicyclic) bond motifs is 4. The van der Waals surface area contributed by atoms with Crippen LogP contribution in [-0.4, -0.2) is 39.1 Å². The van der Waals surface area contributed by atoms with E-state index in [0.717, 1.165) is 0 Å². The summed E-state index contributed by atoms with van der Waals surface area (Å²) in [4.78, 5) is 16.7. The third-order valence-electron chi connectivity index (χ3n) is 5.48. The summed E-state index contributed by atoms with van der Waals surface area (Å²) < 4.78 is 35.6. The Balaban J connectivity index is 1.71. The average molecular weight is 385 g/mol. The maximum Gasteiger partial charge on any atom is 0.311 e. The molecule has 3 aliphatic carbocycles. The number of halogens is 3. The molecule has 3 saturated carbocycles. The molecule has 0 aromatic carbocycles. The number of ether oxygens (including phenoxy) is 1. The molecule has 9 heteroatoms. The second kappa shape index (κ2) is 6.33. The SMILES string of the molecule is CCOC(=O)[C@@H]1[C@@H](Nc2nc(Cl)nn3cccc23)[C@@H]2CC[C@H]1C(F)(F)C2. The number of carbonyl (C=O) groups is 1. The van der Waals surface area contributed by atoms with Crippen LogP contribution in [0.1, 0.15) is 26.2 Å². The molecule has 1 N–H and O–H groups in total. The van der Waals surface area contributed by atoms with Gasteiger partial charge >= 0.3 is 5.97 Å². The maximum absolute atomic E-state index is 14.4. The monoisotopic (exact) mass is 384 g/mol. The number of carbonyl (C=O) groups excluding carboxylic acids is 1. The van der Waals surface area contributed by atoms with E-state index in [2.05, 4.69) is 15.4 Å². The van der Waals surface area contributed by atoms with Gasteiger partial charge in [0.15, 0.2) is 5.82 Å². The van der Waals surface area contributed by atoms with E-state index in [9.17, 15) is 13.6 Å². The fourth-order valence-corrected chi connectivity index (χ4v) is 4.59. The van der Waals surface area contributed by atoms with Gasteiger partial charge in [-0.15, -0.1) is 5.10 Å². The molecule has 2 heterocycles. The largest absolute Gasteiger partial charge is 0.466 e. The van der Waals surface area contributed by atoms with Crippen molar-refractivity contribution in [2.75, 3.05) is 11.9 Å². The minimum Gasteiger partial charge on any atom is -0.466 e. The zero-order valence-corrected chi connectivity index (χ0v) is 14.9. The van der Waals surface area contributed by atoms with Crippen LogP contribution in [0.15, 0.2) is 18.3 Å². The maximum atomic E-state index is 14.4. The van der Waals surface area contributed by atoms with E-state index in [1.807, 2.05) is 0 Å². The molecule has 5 rings (SSSR count). The number of hydrogen-bond acceptors (Lipinski definition) is 5. The van der Waals surface area contributed by atoms with Gasteiger partial charge in [0, 0.05) is 24.6 Å². The van der Waals surface area contributed by atoms with E-state index in [1.165, 1.54) is 0 Å². The first-order chi connectivity index (χ1) is 12.4. The number of alkyl halides is 2. The summed E-state index contributed by atoms with van der Waals surface area (Å²) in [7, 11) is 0. The van der Waals surface area contributed by atoms with Gasteiger partial charge in [0.05, 0.1) is 12.5 Å². The van der Waals surface area contributed by atoms with Crippen LogP contribution < -0.4 is 5.32 Å². The van der Waals surface area contributed by atoms with Crippen molar-refractivity contribution in [2.45, 2.75) is 38.2 Å². The second-order valence-corrected chi connectivity index (χ2v) is 7.26. The van der Waals surface area contributed by atoms with Gasteiger partial charge in [-0.1, -0.05) is 0 Å². The van der Waals surface area contributed by atoms with Crippen molar-refractivity contribution in [2.24, 2.45) is 17.8 Å². The molecule has 0 saturated heterocycles. The molecular formula is C17H19ClF2N4O2. The Morgan fingerprint density at radius 2 is 2.31 bits per heavy atom. The summed E-state index contributed by atoms with van der Waals surface area (Å²) in [6.45, 7) is 1.83. The molecule has 0 radical (unpaired) electrons. The fraction of sp³-hybridized carbons (Fsp3) is 0.588. The summed E-state index contributed by atoms with van der Waals surface area (Å²) in [6.07, 6.45) is 2.45. The van der Waals surface area contributed by atoms with Gasteiger partial charge in [0.2, 0.25) is 5.28 Å². The van der Waals surface area contributed by atoms with Crippen LogP contribution in [-0.2, 0) is 9.53 Å². The predicted octanol–water partition coefficient (Wildman–Crippen LogP) is 3.41. The Hall–Kier alpha value is -1.96. The molecule has 3 fully saturated rings. The minimum absolute atomic E-state index is 0.0372. The van der Waals surface area contributed by atoms with E-state index in [1.54, 1.807) is 29.8 Å². The molecule has 2 aromatic rings. The molecule has 0 unspecified atom stereocenters. The molecule has 26 heavy (non-hydrogen) atoms. The summed E-state index contributed by atoms with van der Waals surface area (Å²) in [5.41, 5.74) is 0.671. The molecule has 0 aliphatic heterocycles. The van der Waals surface area contributed by atoms with Crippen molar-refractivity contribution in [3.8, 4) is 0 Å². The first-order valence-corrected chi connectivity index (χ1v) is 9.10. The van der Waals surface area contributed by atoms with Gasteiger partial charge in [-0.05, 0) is 49.4 Å².